The van der Waals surface area contributed by atoms with Gasteiger partial charge >= 0.3 is 0 Å². The van der Waals surface area contributed by atoms with Crippen LogP contribution in [-0.2, 0) is 47.8 Å². The second kappa shape index (κ2) is 21.0. The number of nitrogens with one attached hydrogen (secondary N) is 4. The van der Waals surface area contributed by atoms with Gasteiger partial charge in [0, 0.05) is 13.0 Å². The molecule has 0 bridgehead atoms. The Labute approximate surface area is 321 Å². The molecule has 4 rings (SSSR count). The number of carbonyl (C=O) groups is 4. The van der Waals surface area contributed by atoms with E-state index in [9.17, 15) is 27.6 Å². The summed E-state index contributed by atoms with van der Waals surface area (Å²) in [6.07, 6.45) is 1.01. The van der Waals surface area contributed by atoms with Crippen LogP contribution in [0.2, 0.25) is 0 Å². The van der Waals surface area contributed by atoms with E-state index in [1.54, 1.807) is 121 Å². The van der Waals surface area contributed by atoms with Crippen LogP contribution in [0.3, 0.4) is 0 Å². The van der Waals surface area contributed by atoms with E-state index >= 15 is 0 Å². The van der Waals surface area contributed by atoms with Gasteiger partial charge in [0.25, 0.3) is 0 Å². The zero-order valence-electron chi connectivity index (χ0n) is 30.3. The predicted octanol–water partition coefficient (Wildman–Crippen LogP) is 1.72. The molecule has 0 spiro atoms. The number of nitrogens with two attached hydrogens (primary N) is 3. The van der Waals surface area contributed by atoms with Crippen molar-refractivity contribution in [3.05, 3.63) is 144 Å². The Kier molecular flexibility index (Phi) is 15.9. The van der Waals surface area contributed by atoms with Gasteiger partial charge in [-0.25, -0.2) is 13.1 Å². The molecular weight excluding hydrogens is 721 g/mol. The van der Waals surface area contributed by atoms with Gasteiger partial charge in [0.15, 0.2) is 5.96 Å². The number of benzene rings is 4. The molecule has 4 amide bonds. The molecule has 0 aliphatic carbocycles. The molecule has 0 saturated heterocycles. The normalized spacial score (nSPS) is 13.3. The topological polar surface area (TPSA) is 241 Å². The Morgan fingerprint density at radius 3 is 1.55 bits per heavy atom. The minimum atomic E-state index is -4.03. The smallest absolute Gasteiger partial charge is 0.244 e. The summed E-state index contributed by atoms with van der Waals surface area (Å²) in [7, 11) is -4.03. The van der Waals surface area contributed by atoms with E-state index in [0.29, 0.717) is 35.1 Å². The van der Waals surface area contributed by atoms with Crippen LogP contribution in [-0.4, -0.2) is 62.7 Å². The number of nitrogens with zero attached hydrogens (tertiary/aromatic N) is 1. The standard InChI is InChI=1S/C40H48N8O6S/c41-36(49)35(31-21-11-4-12-22-31)47-37(50)32(23-13-14-24-44-40(42)43)45-38(51)33(25-28-15-5-1-6-16-28)46-39(52)34(26-29-17-7-2-8-18-29)48-55(53,54)27-30-19-9-3-10-20-30/h1-12,15-22,32-35,48H,13-14,23-27H2,(H2,41,49)(H,45,51)(H,46,52)(H,47,50)(H4,42,43,44)/t32?,33-,34+,35-/m0/s1. The minimum absolute atomic E-state index is 0.00477. The predicted molar refractivity (Wildman–Crippen MR) is 211 cm³/mol. The Morgan fingerprint density at radius 2 is 1.02 bits per heavy atom. The van der Waals surface area contributed by atoms with Crippen molar-refractivity contribution in [1.29, 1.82) is 0 Å². The molecule has 0 radical (unpaired) electrons. The summed E-state index contributed by atoms with van der Waals surface area (Å²) >= 11 is 0. The van der Waals surface area contributed by atoms with Crippen molar-refractivity contribution in [3.63, 3.8) is 0 Å². The number of aliphatic imine (C=N–C) groups is 1. The Bertz CT molecular complexity index is 1980. The largest absolute Gasteiger partial charge is 0.370 e. The molecule has 4 atom stereocenters. The second-order valence-electron chi connectivity index (χ2n) is 13.0. The third-order valence-electron chi connectivity index (χ3n) is 8.57. The molecule has 0 saturated carbocycles. The lowest BCUT2D eigenvalue weighted by Gasteiger charge is -2.26. The van der Waals surface area contributed by atoms with Crippen molar-refractivity contribution in [3.8, 4) is 0 Å². The monoisotopic (exact) mass is 768 g/mol. The summed E-state index contributed by atoms with van der Waals surface area (Å²) in [4.78, 5) is 58.5. The SMILES string of the molecule is NC(=O)[C@@H](NC(=O)C(CCCCN=C(N)N)NC(=O)[C@H](Cc1ccccc1)NC(=O)[C@@H](Cc1ccccc1)NS(=O)(=O)Cc1ccccc1)c1ccccc1. The van der Waals surface area contributed by atoms with E-state index in [2.05, 4.69) is 25.7 Å². The minimum Gasteiger partial charge on any atom is -0.370 e. The van der Waals surface area contributed by atoms with E-state index in [-0.39, 0.29) is 37.5 Å². The van der Waals surface area contributed by atoms with E-state index in [4.69, 9.17) is 17.2 Å². The first-order valence-corrected chi connectivity index (χ1v) is 19.5. The van der Waals surface area contributed by atoms with Crippen molar-refractivity contribution < 1.29 is 27.6 Å². The number of rotatable bonds is 21. The lowest BCUT2D eigenvalue weighted by molar-refractivity contribution is -0.133. The number of unbranched alkanes of at least 4 members (excludes halogenated alkanes) is 1. The number of primary amides is 1. The molecule has 15 heteroatoms. The third-order valence-corrected chi connectivity index (χ3v) is 9.93. The highest BCUT2D eigenvalue weighted by atomic mass is 32.2. The van der Waals surface area contributed by atoms with E-state index in [0.717, 1.165) is 0 Å². The Hall–Kier alpha value is -6.06. The summed E-state index contributed by atoms with van der Waals surface area (Å²) in [6.45, 7) is 0.286. The highest BCUT2D eigenvalue weighted by Gasteiger charge is 2.32. The van der Waals surface area contributed by atoms with Crippen LogP contribution in [0, 0.1) is 0 Å². The quantitative estimate of drug-likeness (QED) is 0.0373. The fraction of sp³-hybridized carbons (Fsp3) is 0.275. The highest BCUT2D eigenvalue weighted by molar-refractivity contribution is 7.88. The van der Waals surface area contributed by atoms with E-state index < -0.39 is 57.8 Å². The van der Waals surface area contributed by atoms with Gasteiger partial charge in [-0.3, -0.25) is 24.2 Å². The maximum Gasteiger partial charge on any atom is 0.244 e. The first kappa shape index (κ1) is 41.7. The maximum atomic E-state index is 14.2. The molecule has 0 heterocycles. The van der Waals surface area contributed by atoms with Crippen molar-refractivity contribution in [2.45, 2.75) is 62.0 Å². The van der Waals surface area contributed by atoms with Crippen LogP contribution in [0.1, 0.15) is 47.6 Å². The zero-order valence-corrected chi connectivity index (χ0v) is 31.2. The molecule has 10 N–H and O–H groups in total. The van der Waals surface area contributed by atoms with Crippen LogP contribution in [0.25, 0.3) is 0 Å². The Balaban J connectivity index is 1.60. The molecule has 0 aromatic heterocycles. The van der Waals surface area contributed by atoms with Gasteiger partial charge in [-0.1, -0.05) is 121 Å². The van der Waals surface area contributed by atoms with Crippen LogP contribution >= 0.6 is 0 Å². The number of sulfonamides is 1. The van der Waals surface area contributed by atoms with Gasteiger partial charge in [-0.15, -0.1) is 0 Å². The van der Waals surface area contributed by atoms with Crippen molar-refractivity contribution in [2.75, 3.05) is 6.54 Å². The fourth-order valence-corrected chi connectivity index (χ4v) is 7.18. The number of amides is 4. The van der Waals surface area contributed by atoms with Gasteiger partial charge in [0.2, 0.25) is 33.7 Å². The molecule has 55 heavy (non-hydrogen) atoms. The zero-order chi connectivity index (χ0) is 39.6. The molecule has 290 valence electrons. The van der Waals surface area contributed by atoms with E-state index in [1.165, 1.54) is 0 Å². The second-order valence-corrected chi connectivity index (χ2v) is 14.7. The molecule has 0 aliphatic rings. The van der Waals surface area contributed by atoms with Crippen LogP contribution in [0.5, 0.6) is 0 Å². The molecule has 1 unspecified atom stereocenters. The number of hydrogen-bond acceptors (Lipinski definition) is 7. The first-order chi connectivity index (χ1) is 26.4. The van der Waals surface area contributed by atoms with Crippen LogP contribution < -0.4 is 37.9 Å². The summed E-state index contributed by atoms with van der Waals surface area (Å²) < 4.78 is 29.3. The molecular formula is C40H48N8O6S. The molecule has 0 fully saturated rings. The molecule has 4 aromatic rings. The summed E-state index contributed by atoms with van der Waals surface area (Å²) in [5, 5.41) is 8.18. The number of hydrogen-bond donors (Lipinski definition) is 7. The molecule has 4 aromatic carbocycles. The van der Waals surface area contributed by atoms with Gasteiger partial charge in [-0.2, -0.15) is 0 Å². The lowest BCUT2D eigenvalue weighted by Crippen LogP contribution is -2.58. The fourth-order valence-electron chi connectivity index (χ4n) is 5.84. The average Bonchev–Trinajstić information content (AvgIpc) is 3.16. The number of carbonyl (C=O) groups excluding carboxylic acids is 4. The van der Waals surface area contributed by atoms with Crippen LogP contribution in [0.4, 0.5) is 0 Å². The van der Waals surface area contributed by atoms with Crippen molar-refractivity contribution >= 4 is 39.6 Å². The summed E-state index contributed by atoms with van der Waals surface area (Å²) in [6, 6.07) is 29.9. The molecule has 14 nitrogen and oxygen atoms in total. The highest BCUT2D eigenvalue weighted by Crippen LogP contribution is 2.15. The van der Waals surface area contributed by atoms with Gasteiger partial charge in [0.1, 0.15) is 24.2 Å². The molecule has 0 aliphatic heterocycles. The maximum absolute atomic E-state index is 14.2. The summed E-state index contributed by atoms with van der Waals surface area (Å²) in [5.74, 6) is -3.37. The van der Waals surface area contributed by atoms with Crippen molar-refractivity contribution in [1.82, 2.24) is 20.7 Å². The van der Waals surface area contributed by atoms with Crippen molar-refractivity contribution in [2.24, 2.45) is 22.2 Å². The average molecular weight is 769 g/mol. The first-order valence-electron chi connectivity index (χ1n) is 17.8. The van der Waals surface area contributed by atoms with Gasteiger partial charge in [-0.05, 0) is 47.9 Å². The lowest BCUT2D eigenvalue weighted by atomic mass is 10.0. The van der Waals surface area contributed by atoms with Gasteiger partial charge < -0.3 is 33.2 Å². The summed E-state index contributed by atoms with van der Waals surface area (Å²) in [5.41, 5.74) is 18.9. The van der Waals surface area contributed by atoms with Crippen LogP contribution in [0.15, 0.2) is 126 Å². The van der Waals surface area contributed by atoms with E-state index in [1.807, 2.05) is 0 Å². The van der Waals surface area contributed by atoms with Gasteiger partial charge in [0.05, 0.1) is 5.75 Å². The number of guanidine groups is 1. The Morgan fingerprint density at radius 1 is 0.564 bits per heavy atom. The third kappa shape index (κ3) is 14.4.